The van der Waals surface area contributed by atoms with Crippen molar-refractivity contribution in [2.45, 2.75) is 6.04 Å². The van der Waals surface area contributed by atoms with Crippen LogP contribution >= 0.6 is 12.4 Å². The molecule has 1 aliphatic heterocycles. The van der Waals surface area contributed by atoms with Crippen LogP contribution in [0.15, 0.2) is 42.5 Å². The molecular formula is C19H23ClFN3O4. The van der Waals surface area contributed by atoms with Crippen LogP contribution in [-0.2, 0) is 0 Å². The van der Waals surface area contributed by atoms with Crippen molar-refractivity contribution in [3.63, 3.8) is 0 Å². The second-order valence-electron chi connectivity index (χ2n) is 6.25. The Bertz CT molecular complexity index is 808. The van der Waals surface area contributed by atoms with E-state index in [2.05, 4.69) is 10.2 Å². The SMILES string of the molecule is COc1ccc(OCCN2CCNCC2c2cccc(F)c2)c([N+](=O)[O-])c1.Cl. The summed E-state index contributed by atoms with van der Waals surface area (Å²) in [6.45, 7) is 3.20. The first-order chi connectivity index (χ1) is 13.1. The van der Waals surface area contributed by atoms with Crippen LogP contribution in [0.25, 0.3) is 0 Å². The van der Waals surface area contributed by atoms with Crippen LogP contribution in [0.4, 0.5) is 10.1 Å². The first-order valence-corrected chi connectivity index (χ1v) is 8.74. The summed E-state index contributed by atoms with van der Waals surface area (Å²) in [5.74, 6) is 0.351. The van der Waals surface area contributed by atoms with E-state index in [1.165, 1.54) is 19.2 Å². The number of ether oxygens (including phenoxy) is 2. The number of rotatable bonds is 7. The normalized spacial score (nSPS) is 16.9. The Labute approximate surface area is 169 Å². The second-order valence-corrected chi connectivity index (χ2v) is 6.25. The molecule has 3 rings (SSSR count). The van der Waals surface area contributed by atoms with Crippen molar-refractivity contribution in [2.75, 3.05) is 39.9 Å². The van der Waals surface area contributed by atoms with Crippen molar-refractivity contribution in [1.82, 2.24) is 10.2 Å². The summed E-state index contributed by atoms with van der Waals surface area (Å²) < 4.78 is 24.3. The molecule has 0 saturated carbocycles. The van der Waals surface area contributed by atoms with Crippen molar-refractivity contribution >= 4 is 18.1 Å². The molecular weight excluding hydrogens is 389 g/mol. The Hall–Kier alpha value is -2.42. The third-order valence-corrected chi connectivity index (χ3v) is 4.59. The molecule has 152 valence electrons. The molecule has 0 radical (unpaired) electrons. The molecule has 2 aromatic carbocycles. The topological polar surface area (TPSA) is 76.9 Å². The molecule has 1 atom stereocenters. The first-order valence-electron chi connectivity index (χ1n) is 8.74. The van der Waals surface area contributed by atoms with Crippen molar-refractivity contribution in [3.05, 3.63) is 64.0 Å². The minimum Gasteiger partial charge on any atom is -0.496 e. The number of benzene rings is 2. The summed E-state index contributed by atoms with van der Waals surface area (Å²) in [4.78, 5) is 12.9. The molecule has 1 fully saturated rings. The predicted molar refractivity (Wildman–Crippen MR) is 106 cm³/mol. The Morgan fingerprint density at radius 2 is 2.14 bits per heavy atom. The molecule has 7 nitrogen and oxygen atoms in total. The summed E-state index contributed by atoms with van der Waals surface area (Å²) in [5, 5.41) is 14.6. The zero-order chi connectivity index (χ0) is 19.2. The van der Waals surface area contributed by atoms with Gasteiger partial charge in [0.2, 0.25) is 0 Å². The Kier molecular flexibility index (Phi) is 7.98. The van der Waals surface area contributed by atoms with Gasteiger partial charge in [-0.15, -0.1) is 12.4 Å². The van der Waals surface area contributed by atoms with Gasteiger partial charge in [-0.1, -0.05) is 12.1 Å². The molecule has 1 aliphatic rings. The maximum atomic E-state index is 13.6. The van der Waals surface area contributed by atoms with Crippen LogP contribution in [-0.4, -0.2) is 49.7 Å². The Balaban J connectivity index is 0.00000280. The number of methoxy groups -OCH3 is 1. The average molecular weight is 412 g/mol. The highest BCUT2D eigenvalue weighted by Gasteiger charge is 2.24. The molecule has 0 amide bonds. The average Bonchev–Trinajstić information content (AvgIpc) is 2.68. The number of hydrogen-bond acceptors (Lipinski definition) is 6. The molecule has 28 heavy (non-hydrogen) atoms. The smallest absolute Gasteiger partial charge is 0.314 e. The van der Waals surface area contributed by atoms with Gasteiger partial charge < -0.3 is 14.8 Å². The van der Waals surface area contributed by atoms with E-state index >= 15 is 0 Å². The van der Waals surface area contributed by atoms with E-state index in [-0.39, 0.29) is 35.7 Å². The predicted octanol–water partition coefficient (Wildman–Crippen LogP) is 3.19. The van der Waals surface area contributed by atoms with E-state index in [0.29, 0.717) is 25.4 Å². The van der Waals surface area contributed by atoms with Crippen molar-refractivity contribution in [3.8, 4) is 11.5 Å². The molecule has 1 unspecified atom stereocenters. The largest absolute Gasteiger partial charge is 0.496 e. The van der Waals surface area contributed by atoms with Gasteiger partial charge in [-0.3, -0.25) is 15.0 Å². The minimum absolute atomic E-state index is 0. The number of piperazine rings is 1. The summed E-state index contributed by atoms with van der Waals surface area (Å²) >= 11 is 0. The van der Waals surface area contributed by atoms with Gasteiger partial charge >= 0.3 is 5.69 Å². The first kappa shape index (κ1) is 21.9. The van der Waals surface area contributed by atoms with Crippen LogP contribution in [0.2, 0.25) is 0 Å². The lowest BCUT2D eigenvalue weighted by Gasteiger charge is -2.36. The maximum Gasteiger partial charge on any atom is 0.314 e. The standard InChI is InChI=1S/C19H22FN3O4.ClH/c1-26-16-5-6-19(17(12-16)23(24)25)27-10-9-22-8-7-21-13-18(22)14-3-2-4-15(20)11-14;/h2-6,11-12,18,21H,7-10,13H2,1H3;1H. The lowest BCUT2D eigenvalue weighted by molar-refractivity contribution is -0.385. The van der Waals surface area contributed by atoms with Crippen LogP contribution in [0.1, 0.15) is 11.6 Å². The summed E-state index contributed by atoms with van der Waals surface area (Å²) in [5.41, 5.74) is 0.772. The van der Waals surface area contributed by atoms with Gasteiger partial charge in [-0.05, 0) is 29.8 Å². The van der Waals surface area contributed by atoms with E-state index in [1.54, 1.807) is 24.3 Å². The lowest BCUT2D eigenvalue weighted by Crippen LogP contribution is -2.47. The van der Waals surface area contributed by atoms with Gasteiger partial charge in [0.15, 0.2) is 5.75 Å². The van der Waals surface area contributed by atoms with E-state index < -0.39 is 4.92 Å². The van der Waals surface area contributed by atoms with Gasteiger partial charge in [-0.25, -0.2) is 4.39 Å². The lowest BCUT2D eigenvalue weighted by atomic mass is 10.0. The van der Waals surface area contributed by atoms with Crippen LogP contribution in [0, 0.1) is 15.9 Å². The molecule has 0 aromatic heterocycles. The van der Waals surface area contributed by atoms with E-state index in [9.17, 15) is 14.5 Å². The Morgan fingerprint density at radius 3 is 2.86 bits per heavy atom. The van der Waals surface area contributed by atoms with E-state index in [0.717, 1.165) is 18.7 Å². The highest BCUT2D eigenvalue weighted by molar-refractivity contribution is 5.85. The van der Waals surface area contributed by atoms with Gasteiger partial charge in [0.1, 0.15) is 18.2 Å². The van der Waals surface area contributed by atoms with E-state index in [4.69, 9.17) is 9.47 Å². The third kappa shape index (κ3) is 5.31. The van der Waals surface area contributed by atoms with Gasteiger partial charge in [-0.2, -0.15) is 0 Å². The van der Waals surface area contributed by atoms with Crippen molar-refractivity contribution in [2.24, 2.45) is 0 Å². The number of nitro groups is 1. The molecule has 0 aliphatic carbocycles. The van der Waals surface area contributed by atoms with Crippen molar-refractivity contribution in [1.29, 1.82) is 0 Å². The monoisotopic (exact) mass is 411 g/mol. The molecule has 0 spiro atoms. The summed E-state index contributed by atoms with van der Waals surface area (Å²) in [7, 11) is 1.45. The summed E-state index contributed by atoms with van der Waals surface area (Å²) in [6.07, 6.45) is 0. The zero-order valence-electron chi connectivity index (χ0n) is 15.5. The fourth-order valence-electron chi connectivity index (χ4n) is 3.22. The number of halogens is 2. The van der Waals surface area contributed by atoms with Crippen molar-refractivity contribution < 1.29 is 18.8 Å². The van der Waals surface area contributed by atoms with Gasteiger partial charge in [0.25, 0.3) is 0 Å². The zero-order valence-corrected chi connectivity index (χ0v) is 16.3. The minimum atomic E-state index is -0.488. The number of nitrogens with one attached hydrogen (secondary N) is 1. The third-order valence-electron chi connectivity index (χ3n) is 4.59. The van der Waals surface area contributed by atoms with Gasteiger partial charge in [0, 0.05) is 32.2 Å². The van der Waals surface area contributed by atoms with Crippen LogP contribution < -0.4 is 14.8 Å². The molecule has 1 N–H and O–H groups in total. The quantitative estimate of drug-likeness (QED) is 0.557. The number of hydrogen-bond donors (Lipinski definition) is 1. The van der Waals surface area contributed by atoms with Crippen LogP contribution in [0.5, 0.6) is 11.5 Å². The molecule has 1 heterocycles. The molecule has 9 heteroatoms. The van der Waals surface area contributed by atoms with Crippen LogP contribution in [0.3, 0.4) is 0 Å². The number of nitro benzene ring substituents is 1. The fraction of sp³-hybridized carbons (Fsp3) is 0.368. The molecule has 2 aromatic rings. The molecule has 1 saturated heterocycles. The highest BCUT2D eigenvalue weighted by atomic mass is 35.5. The van der Waals surface area contributed by atoms with E-state index in [1.807, 2.05) is 6.07 Å². The number of nitrogens with zero attached hydrogens (tertiary/aromatic N) is 2. The fourth-order valence-corrected chi connectivity index (χ4v) is 3.22. The second kappa shape index (κ2) is 10.2. The maximum absolute atomic E-state index is 13.6. The highest BCUT2D eigenvalue weighted by Crippen LogP contribution is 2.31. The van der Waals surface area contributed by atoms with Gasteiger partial charge in [0.05, 0.1) is 18.1 Å². The Morgan fingerprint density at radius 1 is 1.32 bits per heavy atom. The molecule has 0 bridgehead atoms. The summed E-state index contributed by atoms with van der Waals surface area (Å²) in [6, 6.07) is 11.1.